The Morgan fingerprint density at radius 2 is 1.82 bits per heavy atom. The second-order valence-corrected chi connectivity index (χ2v) is 10.0. The van der Waals surface area contributed by atoms with Gasteiger partial charge < -0.3 is 11.1 Å². The summed E-state index contributed by atoms with van der Waals surface area (Å²) < 4.78 is 27.8. The molecule has 0 radical (unpaired) electrons. The molecule has 5 rings (SSSR count). The summed E-state index contributed by atoms with van der Waals surface area (Å²) in [5.74, 6) is 0.590. The summed E-state index contributed by atoms with van der Waals surface area (Å²) in [6.07, 6.45) is 3.18. The molecule has 8 nitrogen and oxygen atoms in total. The summed E-state index contributed by atoms with van der Waals surface area (Å²) in [7, 11) is -3.54. The number of hydrogen-bond donors (Lipinski definition) is 3. The molecule has 0 bridgehead atoms. The average Bonchev–Trinajstić information content (AvgIpc) is 3.47. The van der Waals surface area contributed by atoms with Gasteiger partial charge in [0.2, 0.25) is 10.0 Å². The molecule has 1 saturated carbocycles. The monoisotopic (exact) mass is 485 g/mol. The number of nitrogens with one attached hydrogen (secondary N) is 2. The number of sulfonamides is 1. The van der Waals surface area contributed by atoms with Crippen molar-refractivity contribution in [3.8, 4) is 22.5 Å². The standard InChI is InChI=1S/C23H23N5O3S.ClH/c1-13-10-19(13)28-32(30,31)17-5-2-14(3-6-17)20-12-26-22(24)21(27-20)16-4-7-18-15(11-16)8-9-25-23(18)29;/h2-7,11-13,19,28H,8-10H2,1H3,(H2,24,26)(H,25,29);1H/t13-,19-;/m1./s1. The number of rotatable bonds is 5. The molecule has 1 aliphatic heterocycles. The number of nitrogen functional groups attached to an aromatic ring is 1. The molecule has 0 saturated heterocycles. The van der Waals surface area contributed by atoms with Gasteiger partial charge in [-0.05, 0) is 48.6 Å². The van der Waals surface area contributed by atoms with Gasteiger partial charge in [0.25, 0.3) is 5.91 Å². The van der Waals surface area contributed by atoms with Gasteiger partial charge in [-0.15, -0.1) is 12.4 Å². The minimum Gasteiger partial charge on any atom is -0.382 e. The van der Waals surface area contributed by atoms with Crippen LogP contribution in [0.1, 0.15) is 29.3 Å². The zero-order valence-corrected chi connectivity index (χ0v) is 19.5. The molecule has 2 aromatic carbocycles. The number of fused-ring (bicyclic) bond motifs is 1. The second-order valence-electron chi connectivity index (χ2n) is 8.33. The predicted octanol–water partition coefficient (Wildman–Crippen LogP) is 2.79. The SMILES string of the molecule is C[C@@H]1C[C@H]1NS(=O)(=O)c1ccc(-c2cnc(N)c(-c3ccc4c(c3)CCNC4=O)n2)cc1.Cl. The largest absolute Gasteiger partial charge is 0.382 e. The molecule has 33 heavy (non-hydrogen) atoms. The smallest absolute Gasteiger partial charge is 0.251 e. The van der Waals surface area contributed by atoms with Crippen LogP contribution in [0, 0.1) is 5.92 Å². The van der Waals surface area contributed by atoms with Crippen LogP contribution in [-0.2, 0) is 16.4 Å². The molecule has 2 heterocycles. The fraction of sp³-hybridized carbons (Fsp3) is 0.261. The Bertz CT molecular complexity index is 1330. The first-order chi connectivity index (χ1) is 15.3. The normalized spacial score (nSPS) is 19.2. The number of nitrogens with zero attached hydrogens (tertiary/aromatic N) is 2. The van der Waals surface area contributed by atoms with Gasteiger partial charge in [0.05, 0.1) is 16.8 Å². The zero-order chi connectivity index (χ0) is 22.5. The Morgan fingerprint density at radius 3 is 2.52 bits per heavy atom. The summed E-state index contributed by atoms with van der Waals surface area (Å²) in [5, 5.41) is 2.83. The Kier molecular flexibility index (Phi) is 6.13. The van der Waals surface area contributed by atoms with Gasteiger partial charge in [-0.3, -0.25) is 4.79 Å². The average molecular weight is 486 g/mol. The molecule has 1 amide bonds. The number of nitrogens with two attached hydrogens (primary N) is 1. The zero-order valence-electron chi connectivity index (χ0n) is 17.9. The lowest BCUT2D eigenvalue weighted by molar-refractivity contribution is 0.0946. The third-order valence-corrected chi connectivity index (χ3v) is 7.49. The van der Waals surface area contributed by atoms with Crippen molar-refractivity contribution in [3.05, 3.63) is 59.8 Å². The highest BCUT2D eigenvalue weighted by Gasteiger charge is 2.36. The van der Waals surface area contributed by atoms with E-state index in [4.69, 9.17) is 5.73 Å². The van der Waals surface area contributed by atoms with Crippen LogP contribution in [0.15, 0.2) is 53.6 Å². The van der Waals surface area contributed by atoms with E-state index in [1.165, 1.54) is 0 Å². The molecule has 4 N–H and O–H groups in total. The molecule has 2 atom stereocenters. The highest BCUT2D eigenvalue weighted by Crippen LogP contribution is 2.32. The van der Waals surface area contributed by atoms with Crippen molar-refractivity contribution in [2.45, 2.75) is 30.7 Å². The minimum atomic E-state index is -3.54. The van der Waals surface area contributed by atoms with Crippen molar-refractivity contribution in [2.75, 3.05) is 12.3 Å². The lowest BCUT2D eigenvalue weighted by Gasteiger charge is -2.17. The lowest BCUT2D eigenvalue weighted by Crippen LogP contribution is -2.31. The first-order valence-electron chi connectivity index (χ1n) is 10.5. The maximum absolute atomic E-state index is 12.5. The van der Waals surface area contributed by atoms with Crippen molar-refractivity contribution < 1.29 is 13.2 Å². The molecular weight excluding hydrogens is 462 g/mol. The Balaban J connectivity index is 0.00000259. The van der Waals surface area contributed by atoms with Crippen molar-refractivity contribution in [2.24, 2.45) is 5.92 Å². The predicted molar refractivity (Wildman–Crippen MR) is 128 cm³/mol. The van der Waals surface area contributed by atoms with Crippen LogP contribution in [0.5, 0.6) is 0 Å². The Hall–Kier alpha value is -3.01. The maximum Gasteiger partial charge on any atom is 0.251 e. The summed E-state index contributed by atoms with van der Waals surface area (Å²) in [4.78, 5) is 21.2. The third-order valence-electron chi connectivity index (χ3n) is 5.98. The summed E-state index contributed by atoms with van der Waals surface area (Å²) in [6, 6.07) is 12.1. The number of anilines is 1. The van der Waals surface area contributed by atoms with Gasteiger partial charge in [0, 0.05) is 29.3 Å². The van der Waals surface area contributed by atoms with Crippen LogP contribution in [0.25, 0.3) is 22.5 Å². The van der Waals surface area contributed by atoms with Crippen molar-refractivity contribution >= 4 is 34.2 Å². The number of carbonyl (C=O) groups is 1. The van der Waals surface area contributed by atoms with Crippen LogP contribution >= 0.6 is 12.4 Å². The quantitative estimate of drug-likeness (QED) is 0.510. The van der Waals surface area contributed by atoms with E-state index in [1.54, 1.807) is 36.5 Å². The van der Waals surface area contributed by atoms with Gasteiger partial charge in [0.15, 0.2) is 0 Å². The van der Waals surface area contributed by atoms with E-state index in [0.717, 1.165) is 29.5 Å². The molecule has 3 aromatic rings. The minimum absolute atomic E-state index is 0. The molecule has 10 heteroatoms. The molecule has 1 aliphatic carbocycles. The fourth-order valence-corrected chi connectivity index (χ4v) is 5.24. The van der Waals surface area contributed by atoms with Crippen molar-refractivity contribution in [1.29, 1.82) is 0 Å². The van der Waals surface area contributed by atoms with Crippen LogP contribution in [0.2, 0.25) is 0 Å². The van der Waals surface area contributed by atoms with Crippen LogP contribution in [0.3, 0.4) is 0 Å². The molecule has 172 valence electrons. The van der Waals surface area contributed by atoms with Gasteiger partial charge in [-0.2, -0.15) is 0 Å². The number of halogens is 1. The molecule has 0 spiro atoms. The summed E-state index contributed by atoms with van der Waals surface area (Å²) in [5.41, 5.74) is 10.3. The van der Waals surface area contributed by atoms with E-state index in [-0.39, 0.29) is 35.1 Å². The maximum atomic E-state index is 12.5. The van der Waals surface area contributed by atoms with Gasteiger partial charge in [0.1, 0.15) is 11.5 Å². The lowest BCUT2D eigenvalue weighted by atomic mass is 9.96. The van der Waals surface area contributed by atoms with Crippen LogP contribution < -0.4 is 15.8 Å². The molecular formula is C23H24ClN5O3S. The second kappa shape index (κ2) is 8.74. The number of amides is 1. The molecule has 0 unspecified atom stereocenters. The number of benzene rings is 2. The summed E-state index contributed by atoms with van der Waals surface area (Å²) >= 11 is 0. The van der Waals surface area contributed by atoms with E-state index >= 15 is 0 Å². The molecule has 1 fully saturated rings. The van der Waals surface area contributed by atoms with Gasteiger partial charge in [-0.1, -0.05) is 25.1 Å². The highest BCUT2D eigenvalue weighted by atomic mass is 35.5. The van der Waals surface area contributed by atoms with E-state index in [9.17, 15) is 13.2 Å². The van der Waals surface area contributed by atoms with E-state index in [0.29, 0.717) is 29.4 Å². The van der Waals surface area contributed by atoms with E-state index in [2.05, 4.69) is 20.0 Å². The van der Waals surface area contributed by atoms with Gasteiger partial charge >= 0.3 is 0 Å². The van der Waals surface area contributed by atoms with E-state index < -0.39 is 10.0 Å². The van der Waals surface area contributed by atoms with Gasteiger partial charge in [-0.25, -0.2) is 23.1 Å². The summed E-state index contributed by atoms with van der Waals surface area (Å²) in [6.45, 7) is 2.62. The first-order valence-corrected chi connectivity index (χ1v) is 12.0. The first kappa shape index (κ1) is 23.2. The fourth-order valence-electron chi connectivity index (χ4n) is 3.88. The molecule has 2 aliphatic rings. The van der Waals surface area contributed by atoms with E-state index in [1.807, 2.05) is 19.1 Å². The molecule has 1 aromatic heterocycles. The Labute approximate surface area is 198 Å². The number of aromatic nitrogens is 2. The number of hydrogen-bond acceptors (Lipinski definition) is 6. The van der Waals surface area contributed by atoms with Crippen LogP contribution in [0.4, 0.5) is 5.82 Å². The van der Waals surface area contributed by atoms with Crippen LogP contribution in [-0.4, -0.2) is 36.9 Å². The Morgan fingerprint density at radius 1 is 1.12 bits per heavy atom. The topological polar surface area (TPSA) is 127 Å². The van der Waals surface area contributed by atoms with Crippen molar-refractivity contribution in [1.82, 2.24) is 20.0 Å². The highest BCUT2D eigenvalue weighted by molar-refractivity contribution is 7.89. The van der Waals surface area contributed by atoms with Crippen molar-refractivity contribution in [3.63, 3.8) is 0 Å². The third kappa shape index (κ3) is 4.57. The number of carbonyl (C=O) groups excluding carboxylic acids is 1.